The number of esters is 1. The SMILES string of the molecule is Nc1nc(N)nc(COC(=O)c2cc(-c3ccc(Cl)s3)nc3ccccc23)n1. The summed E-state index contributed by atoms with van der Waals surface area (Å²) in [5.41, 5.74) is 12.8. The summed E-state index contributed by atoms with van der Waals surface area (Å²) in [4.78, 5) is 29.7. The summed E-state index contributed by atoms with van der Waals surface area (Å²) in [6, 6.07) is 12.6. The zero-order valence-corrected chi connectivity index (χ0v) is 15.9. The molecule has 3 heterocycles. The van der Waals surface area contributed by atoms with E-state index in [1.54, 1.807) is 12.1 Å². The quantitative estimate of drug-likeness (QED) is 0.488. The van der Waals surface area contributed by atoms with Gasteiger partial charge in [-0.2, -0.15) is 15.0 Å². The first kappa shape index (κ1) is 18.1. The van der Waals surface area contributed by atoms with Crippen molar-refractivity contribution in [1.29, 1.82) is 0 Å². The highest BCUT2D eigenvalue weighted by Crippen LogP contribution is 2.32. The molecular formula is C18H13ClN6O2S. The number of aromatic nitrogens is 4. The Bertz CT molecular complexity index is 1180. The van der Waals surface area contributed by atoms with Crippen LogP contribution in [0, 0.1) is 0 Å². The number of carbonyl (C=O) groups excluding carboxylic acids is 1. The fourth-order valence-corrected chi connectivity index (χ4v) is 3.66. The Morgan fingerprint density at radius 1 is 1.04 bits per heavy atom. The van der Waals surface area contributed by atoms with Crippen LogP contribution in [0.5, 0.6) is 0 Å². The minimum atomic E-state index is -0.542. The molecule has 0 saturated carbocycles. The molecule has 8 nitrogen and oxygen atoms in total. The topological polar surface area (TPSA) is 130 Å². The Morgan fingerprint density at radius 2 is 1.79 bits per heavy atom. The van der Waals surface area contributed by atoms with Gasteiger partial charge in [0.25, 0.3) is 0 Å². The Labute approximate surface area is 168 Å². The van der Waals surface area contributed by atoms with Gasteiger partial charge in [-0.15, -0.1) is 11.3 Å². The average molecular weight is 413 g/mol. The highest BCUT2D eigenvalue weighted by atomic mass is 35.5. The van der Waals surface area contributed by atoms with E-state index in [1.807, 2.05) is 30.3 Å². The van der Waals surface area contributed by atoms with Crippen LogP contribution in [0.2, 0.25) is 4.34 Å². The molecule has 0 bridgehead atoms. The lowest BCUT2D eigenvalue weighted by Crippen LogP contribution is -2.11. The van der Waals surface area contributed by atoms with E-state index < -0.39 is 5.97 Å². The number of pyridine rings is 1. The number of hydrogen-bond donors (Lipinski definition) is 2. The van der Waals surface area contributed by atoms with Crippen LogP contribution < -0.4 is 11.5 Å². The minimum Gasteiger partial charge on any atom is -0.454 e. The molecule has 0 atom stereocenters. The first-order valence-electron chi connectivity index (χ1n) is 8.08. The molecule has 1 aromatic carbocycles. The minimum absolute atomic E-state index is 0.0372. The summed E-state index contributed by atoms with van der Waals surface area (Å²) >= 11 is 7.41. The van der Waals surface area contributed by atoms with E-state index in [4.69, 9.17) is 27.8 Å². The van der Waals surface area contributed by atoms with Gasteiger partial charge in [-0.25, -0.2) is 9.78 Å². The molecule has 0 saturated heterocycles. The molecular weight excluding hydrogens is 400 g/mol. The van der Waals surface area contributed by atoms with Gasteiger partial charge in [-0.3, -0.25) is 0 Å². The number of nitrogen functional groups attached to an aromatic ring is 2. The van der Waals surface area contributed by atoms with Gasteiger partial charge < -0.3 is 16.2 Å². The molecule has 0 unspecified atom stereocenters. The first-order chi connectivity index (χ1) is 13.5. The predicted octanol–water partition coefficient (Wildman–Crippen LogP) is 3.32. The van der Waals surface area contributed by atoms with Gasteiger partial charge in [0.1, 0.15) is 0 Å². The van der Waals surface area contributed by atoms with Crippen molar-refractivity contribution < 1.29 is 9.53 Å². The second-order valence-electron chi connectivity index (χ2n) is 5.72. The average Bonchev–Trinajstić information content (AvgIpc) is 3.11. The van der Waals surface area contributed by atoms with Crippen LogP contribution in [0.15, 0.2) is 42.5 Å². The van der Waals surface area contributed by atoms with Crippen molar-refractivity contribution in [2.75, 3.05) is 11.5 Å². The molecule has 140 valence electrons. The molecule has 0 amide bonds. The molecule has 4 N–H and O–H groups in total. The highest BCUT2D eigenvalue weighted by Gasteiger charge is 2.17. The number of ether oxygens (including phenoxy) is 1. The van der Waals surface area contributed by atoms with Crippen LogP contribution in [0.25, 0.3) is 21.5 Å². The van der Waals surface area contributed by atoms with Gasteiger partial charge in [0.2, 0.25) is 11.9 Å². The van der Waals surface area contributed by atoms with Crippen molar-refractivity contribution in [2.24, 2.45) is 0 Å². The molecule has 10 heteroatoms. The van der Waals surface area contributed by atoms with E-state index in [9.17, 15) is 4.79 Å². The van der Waals surface area contributed by atoms with Crippen molar-refractivity contribution in [3.8, 4) is 10.6 Å². The number of para-hydroxylation sites is 1. The lowest BCUT2D eigenvalue weighted by molar-refractivity contribution is 0.0464. The number of nitrogens with two attached hydrogens (primary N) is 2. The second-order valence-corrected chi connectivity index (χ2v) is 7.44. The largest absolute Gasteiger partial charge is 0.454 e. The number of nitrogens with zero attached hydrogens (tertiary/aromatic N) is 4. The van der Waals surface area contributed by atoms with Crippen molar-refractivity contribution in [2.45, 2.75) is 6.61 Å². The Hall–Kier alpha value is -3.30. The van der Waals surface area contributed by atoms with Crippen molar-refractivity contribution >= 4 is 51.7 Å². The Kier molecular flexibility index (Phi) is 4.76. The number of fused-ring (bicyclic) bond motifs is 1. The van der Waals surface area contributed by atoms with Gasteiger partial charge in [-0.05, 0) is 24.3 Å². The maximum atomic E-state index is 12.8. The maximum Gasteiger partial charge on any atom is 0.339 e. The molecule has 0 fully saturated rings. The molecule has 0 spiro atoms. The number of rotatable bonds is 4. The molecule has 28 heavy (non-hydrogen) atoms. The normalized spacial score (nSPS) is 10.9. The van der Waals surface area contributed by atoms with Gasteiger partial charge in [0.15, 0.2) is 12.4 Å². The fourth-order valence-electron chi connectivity index (χ4n) is 2.65. The maximum absolute atomic E-state index is 12.8. The van der Waals surface area contributed by atoms with Gasteiger partial charge in [-0.1, -0.05) is 29.8 Å². The summed E-state index contributed by atoms with van der Waals surface area (Å²) in [7, 11) is 0. The lowest BCUT2D eigenvalue weighted by atomic mass is 10.1. The van der Waals surface area contributed by atoms with E-state index in [1.165, 1.54) is 11.3 Å². The van der Waals surface area contributed by atoms with Crippen molar-refractivity contribution in [3.05, 3.63) is 58.2 Å². The van der Waals surface area contributed by atoms with E-state index in [0.717, 1.165) is 4.88 Å². The van der Waals surface area contributed by atoms with E-state index in [2.05, 4.69) is 19.9 Å². The second kappa shape index (κ2) is 7.37. The number of benzene rings is 1. The summed E-state index contributed by atoms with van der Waals surface area (Å²) < 4.78 is 6.01. The van der Waals surface area contributed by atoms with Gasteiger partial charge >= 0.3 is 5.97 Å². The third kappa shape index (κ3) is 3.71. The summed E-state index contributed by atoms with van der Waals surface area (Å²) in [5, 5.41) is 0.675. The molecule has 0 aliphatic heterocycles. The van der Waals surface area contributed by atoms with Crippen molar-refractivity contribution in [3.63, 3.8) is 0 Å². The Morgan fingerprint density at radius 3 is 2.50 bits per heavy atom. The monoisotopic (exact) mass is 412 g/mol. The number of thiophene rings is 1. The highest BCUT2D eigenvalue weighted by molar-refractivity contribution is 7.19. The third-order valence-corrected chi connectivity index (χ3v) is 5.06. The van der Waals surface area contributed by atoms with E-state index in [-0.39, 0.29) is 24.3 Å². The molecule has 0 radical (unpaired) electrons. The Balaban J connectivity index is 1.69. The van der Waals surface area contributed by atoms with Gasteiger partial charge in [0, 0.05) is 5.39 Å². The molecule has 4 rings (SSSR count). The van der Waals surface area contributed by atoms with Gasteiger partial charge in [0.05, 0.1) is 26.0 Å². The standard InChI is InChI=1S/C18H13ClN6O2S/c19-14-6-5-13(28-14)12-7-10(9-3-1-2-4-11(9)22-12)16(26)27-8-15-23-17(20)25-18(21)24-15/h1-7H,8H2,(H4,20,21,23,24,25). The summed E-state index contributed by atoms with van der Waals surface area (Å²) in [6.45, 7) is -0.188. The molecule has 0 aliphatic rings. The summed E-state index contributed by atoms with van der Waals surface area (Å²) in [6.07, 6.45) is 0. The molecule has 0 aliphatic carbocycles. The third-order valence-electron chi connectivity index (χ3n) is 3.81. The molecule has 4 aromatic rings. The van der Waals surface area contributed by atoms with E-state index in [0.29, 0.717) is 26.5 Å². The van der Waals surface area contributed by atoms with Crippen molar-refractivity contribution in [1.82, 2.24) is 19.9 Å². The van der Waals surface area contributed by atoms with Crippen LogP contribution >= 0.6 is 22.9 Å². The zero-order chi connectivity index (χ0) is 19.7. The number of carbonyl (C=O) groups is 1. The van der Waals surface area contributed by atoms with Crippen LogP contribution in [-0.2, 0) is 11.3 Å². The fraction of sp³-hybridized carbons (Fsp3) is 0.0556. The van der Waals surface area contributed by atoms with Crippen LogP contribution in [0.3, 0.4) is 0 Å². The van der Waals surface area contributed by atoms with Crippen LogP contribution in [-0.4, -0.2) is 25.9 Å². The zero-order valence-electron chi connectivity index (χ0n) is 14.3. The number of hydrogen-bond acceptors (Lipinski definition) is 9. The predicted molar refractivity (Wildman–Crippen MR) is 108 cm³/mol. The number of halogens is 1. The summed E-state index contributed by atoms with van der Waals surface area (Å²) in [5.74, 6) is -0.448. The van der Waals surface area contributed by atoms with E-state index >= 15 is 0 Å². The molecule has 3 aromatic heterocycles. The number of anilines is 2. The first-order valence-corrected chi connectivity index (χ1v) is 9.27. The lowest BCUT2D eigenvalue weighted by Gasteiger charge is -2.09. The van der Waals surface area contributed by atoms with Crippen LogP contribution in [0.1, 0.15) is 16.2 Å². The smallest absolute Gasteiger partial charge is 0.339 e. The van der Waals surface area contributed by atoms with Crippen LogP contribution in [0.4, 0.5) is 11.9 Å².